The van der Waals surface area contributed by atoms with Gasteiger partial charge in [0.2, 0.25) is 5.56 Å². The summed E-state index contributed by atoms with van der Waals surface area (Å²) in [5.41, 5.74) is 5.13. The topological polar surface area (TPSA) is 107 Å². The van der Waals surface area contributed by atoms with Crippen LogP contribution in [-0.4, -0.2) is 14.5 Å². The van der Waals surface area contributed by atoms with Gasteiger partial charge in [-0.05, 0) is 52.6 Å². The Labute approximate surface area is 184 Å². The number of rotatable bonds is 6. The molecule has 1 N–H and O–H groups in total. The van der Waals surface area contributed by atoms with Gasteiger partial charge in [0.05, 0.1) is 48.1 Å². The summed E-state index contributed by atoms with van der Waals surface area (Å²) in [5, 5.41) is 18.4. The molecule has 7 heteroatoms. The fourth-order valence-corrected chi connectivity index (χ4v) is 3.50. The Balaban J connectivity index is 1.70. The van der Waals surface area contributed by atoms with Crippen LogP contribution in [0.15, 0.2) is 78.1 Å². The van der Waals surface area contributed by atoms with E-state index in [0.717, 1.165) is 27.9 Å². The van der Waals surface area contributed by atoms with Crippen LogP contribution in [0, 0.1) is 22.7 Å². The maximum absolute atomic E-state index is 11.5. The van der Waals surface area contributed by atoms with Crippen LogP contribution >= 0.6 is 0 Å². The fourth-order valence-electron chi connectivity index (χ4n) is 3.50. The summed E-state index contributed by atoms with van der Waals surface area (Å²) in [6.07, 6.45) is 4.68. The van der Waals surface area contributed by atoms with Gasteiger partial charge in [-0.15, -0.1) is 0 Å². The Morgan fingerprint density at radius 3 is 2.44 bits per heavy atom. The summed E-state index contributed by atoms with van der Waals surface area (Å²) in [6, 6.07) is 20.1. The first kappa shape index (κ1) is 20.8. The summed E-state index contributed by atoms with van der Waals surface area (Å²) in [5.74, 6) is 0. The molecule has 32 heavy (non-hydrogen) atoms. The molecule has 0 bridgehead atoms. The molecular weight excluding hydrogens is 402 g/mol. The molecule has 0 saturated heterocycles. The van der Waals surface area contributed by atoms with Gasteiger partial charge in [0, 0.05) is 19.3 Å². The van der Waals surface area contributed by atoms with Crippen molar-refractivity contribution in [3.8, 4) is 23.3 Å². The number of aryl methyl sites for hydroxylation is 1. The van der Waals surface area contributed by atoms with E-state index in [9.17, 15) is 10.1 Å². The lowest BCUT2D eigenvalue weighted by molar-refractivity contribution is 0.0624. The molecule has 0 radical (unpaired) electrons. The highest BCUT2D eigenvalue weighted by Crippen LogP contribution is 2.30. The van der Waals surface area contributed by atoms with Crippen LogP contribution in [0.4, 0.5) is 0 Å². The highest BCUT2D eigenvalue weighted by atomic mass is 16.5. The van der Waals surface area contributed by atoms with Crippen LogP contribution in [0.2, 0.25) is 0 Å². The molecule has 0 fully saturated rings. The lowest BCUT2D eigenvalue weighted by Crippen LogP contribution is -2.11. The number of hydrogen-bond donors (Lipinski definition) is 1. The number of imidazole rings is 1. The van der Waals surface area contributed by atoms with E-state index in [-0.39, 0.29) is 12.2 Å². The second-order valence-electron chi connectivity index (χ2n) is 7.28. The third kappa shape index (κ3) is 4.34. The van der Waals surface area contributed by atoms with E-state index in [0.29, 0.717) is 11.1 Å². The minimum Gasteiger partial charge on any atom is -0.362 e. The smallest absolute Gasteiger partial charge is 0.247 e. The molecule has 2 heterocycles. The van der Waals surface area contributed by atoms with Gasteiger partial charge in [-0.1, -0.05) is 18.2 Å². The van der Waals surface area contributed by atoms with Gasteiger partial charge >= 0.3 is 0 Å². The van der Waals surface area contributed by atoms with Crippen molar-refractivity contribution in [2.45, 2.75) is 12.7 Å². The second-order valence-corrected chi connectivity index (χ2v) is 7.28. The van der Waals surface area contributed by atoms with E-state index in [4.69, 9.17) is 10.00 Å². The van der Waals surface area contributed by atoms with Gasteiger partial charge in [-0.25, -0.2) is 4.98 Å². The van der Waals surface area contributed by atoms with Gasteiger partial charge in [0.15, 0.2) is 0 Å². The number of benzene rings is 2. The largest absolute Gasteiger partial charge is 0.362 e. The number of pyridine rings is 1. The van der Waals surface area contributed by atoms with Gasteiger partial charge < -0.3 is 14.3 Å². The highest BCUT2D eigenvalue weighted by Gasteiger charge is 2.19. The van der Waals surface area contributed by atoms with Crippen LogP contribution in [0.25, 0.3) is 11.1 Å². The van der Waals surface area contributed by atoms with Crippen molar-refractivity contribution < 1.29 is 4.74 Å². The van der Waals surface area contributed by atoms with E-state index in [1.54, 1.807) is 49.1 Å². The van der Waals surface area contributed by atoms with Gasteiger partial charge in [-0.3, -0.25) is 4.79 Å². The van der Waals surface area contributed by atoms with Crippen LogP contribution < -0.4 is 5.56 Å². The summed E-state index contributed by atoms with van der Waals surface area (Å²) >= 11 is 0. The molecule has 0 aliphatic rings. The molecule has 4 rings (SSSR count). The molecule has 0 saturated carbocycles. The lowest BCUT2D eigenvalue weighted by Gasteiger charge is -2.20. The van der Waals surface area contributed by atoms with Gasteiger partial charge in [0.1, 0.15) is 6.10 Å². The maximum atomic E-state index is 11.5. The molecule has 2 aromatic carbocycles. The van der Waals surface area contributed by atoms with Crippen molar-refractivity contribution in [2.24, 2.45) is 7.05 Å². The normalized spacial score (nSPS) is 11.5. The number of aromatic nitrogens is 3. The quantitative estimate of drug-likeness (QED) is 0.509. The van der Waals surface area contributed by atoms with Crippen molar-refractivity contribution in [3.05, 3.63) is 112 Å². The van der Waals surface area contributed by atoms with Crippen LogP contribution in [0.3, 0.4) is 0 Å². The van der Waals surface area contributed by atoms with Crippen molar-refractivity contribution in [3.63, 3.8) is 0 Å². The first-order chi connectivity index (χ1) is 15.6. The number of hydrogen-bond acceptors (Lipinski definition) is 5. The minimum absolute atomic E-state index is 0.194. The van der Waals surface area contributed by atoms with E-state index < -0.39 is 6.10 Å². The predicted octanol–water partition coefficient (Wildman–Crippen LogP) is 3.82. The van der Waals surface area contributed by atoms with Crippen molar-refractivity contribution in [1.29, 1.82) is 10.5 Å². The average Bonchev–Trinajstić information content (AvgIpc) is 3.26. The van der Waals surface area contributed by atoms with E-state index >= 15 is 0 Å². The van der Waals surface area contributed by atoms with Crippen LogP contribution in [0.5, 0.6) is 0 Å². The Bertz CT molecular complexity index is 1370. The van der Waals surface area contributed by atoms with Crippen molar-refractivity contribution in [1.82, 2.24) is 14.5 Å². The third-order valence-corrected chi connectivity index (χ3v) is 5.20. The zero-order valence-electron chi connectivity index (χ0n) is 17.3. The third-order valence-electron chi connectivity index (χ3n) is 5.20. The molecule has 0 aliphatic heterocycles. The summed E-state index contributed by atoms with van der Waals surface area (Å²) in [4.78, 5) is 18.4. The Morgan fingerprint density at radius 2 is 1.81 bits per heavy atom. The zero-order chi connectivity index (χ0) is 22.5. The summed E-state index contributed by atoms with van der Waals surface area (Å²) in [7, 11) is 1.90. The molecule has 0 aliphatic carbocycles. The number of ether oxygens (including phenoxy) is 1. The monoisotopic (exact) mass is 421 g/mol. The molecule has 4 aromatic rings. The number of aromatic amines is 1. The molecule has 0 spiro atoms. The number of nitrogens with one attached hydrogen (secondary N) is 1. The summed E-state index contributed by atoms with van der Waals surface area (Å²) < 4.78 is 8.27. The van der Waals surface area contributed by atoms with E-state index in [2.05, 4.69) is 22.1 Å². The van der Waals surface area contributed by atoms with Crippen molar-refractivity contribution >= 4 is 0 Å². The first-order valence-electron chi connectivity index (χ1n) is 9.89. The van der Waals surface area contributed by atoms with E-state index in [1.165, 1.54) is 6.07 Å². The SMILES string of the molecule is Cn1cncc1C(OCc1ccc(C#N)cc1-c1ccc(=O)[nH]c1)c1ccc(C#N)cc1. The second kappa shape index (κ2) is 9.13. The van der Waals surface area contributed by atoms with Gasteiger partial charge in [-0.2, -0.15) is 10.5 Å². The Morgan fingerprint density at radius 1 is 1.06 bits per heavy atom. The Kier molecular flexibility index (Phi) is 5.94. The number of nitriles is 2. The average molecular weight is 421 g/mol. The van der Waals surface area contributed by atoms with Crippen LogP contribution in [-0.2, 0) is 18.4 Å². The van der Waals surface area contributed by atoms with Crippen molar-refractivity contribution in [2.75, 3.05) is 0 Å². The zero-order valence-corrected chi connectivity index (χ0v) is 17.3. The Hall–Kier alpha value is -4.46. The standard InChI is InChI=1S/C25H19N5O2/c1-30-16-28-14-23(30)25(19-5-2-17(11-26)3-6-19)32-15-21-7-4-18(12-27)10-22(21)20-8-9-24(31)29-13-20/h2-10,13-14,16,25H,15H2,1H3,(H,29,31). The lowest BCUT2D eigenvalue weighted by atomic mass is 9.99. The molecule has 2 aromatic heterocycles. The maximum Gasteiger partial charge on any atom is 0.247 e. The van der Waals surface area contributed by atoms with Crippen LogP contribution in [0.1, 0.15) is 34.1 Å². The minimum atomic E-state index is -0.408. The number of H-pyrrole nitrogens is 1. The predicted molar refractivity (Wildman–Crippen MR) is 118 cm³/mol. The molecule has 1 unspecified atom stereocenters. The molecular formula is C25H19N5O2. The molecule has 1 atom stereocenters. The summed E-state index contributed by atoms with van der Waals surface area (Å²) in [6.45, 7) is 0.260. The molecule has 0 amide bonds. The van der Waals surface area contributed by atoms with Gasteiger partial charge in [0.25, 0.3) is 0 Å². The first-order valence-corrected chi connectivity index (χ1v) is 9.89. The number of nitrogens with zero attached hydrogens (tertiary/aromatic N) is 4. The molecule has 7 nitrogen and oxygen atoms in total. The highest BCUT2D eigenvalue weighted by molar-refractivity contribution is 5.68. The van der Waals surface area contributed by atoms with E-state index in [1.807, 2.05) is 29.8 Å². The fraction of sp³-hybridized carbons (Fsp3) is 0.120. The molecule has 156 valence electrons.